The Morgan fingerprint density at radius 1 is 1.39 bits per heavy atom. The van der Waals surface area contributed by atoms with E-state index >= 15 is 0 Å². The molecular formula is C15H21F3N2O3. The third-order valence-corrected chi connectivity index (χ3v) is 2.95. The fourth-order valence-electron chi connectivity index (χ4n) is 1.86. The Morgan fingerprint density at radius 2 is 2.09 bits per heavy atom. The molecule has 0 saturated carbocycles. The molecule has 0 radical (unpaired) electrons. The van der Waals surface area contributed by atoms with Crippen LogP contribution in [0.25, 0.3) is 0 Å². The van der Waals surface area contributed by atoms with E-state index in [2.05, 4.69) is 10.6 Å². The minimum absolute atomic E-state index is 0.0288. The lowest BCUT2D eigenvalue weighted by Gasteiger charge is -2.17. The standard InChI is InChI=1S/C15H21F3N2O3/c1-10-5-6-12(13(8-10)23-9-15(16,17)18)20-14(22)19-11(2)4-3-7-21/h5-6,8,11,21H,3-4,7,9H2,1-2H3,(H2,19,20,22). The summed E-state index contributed by atoms with van der Waals surface area (Å²) in [7, 11) is 0. The molecular weight excluding hydrogens is 313 g/mol. The maximum absolute atomic E-state index is 12.3. The fraction of sp³-hybridized carbons (Fsp3) is 0.533. The van der Waals surface area contributed by atoms with Gasteiger partial charge in [0, 0.05) is 12.6 Å². The summed E-state index contributed by atoms with van der Waals surface area (Å²) in [5, 5.41) is 13.8. The van der Waals surface area contributed by atoms with E-state index in [0.717, 1.165) is 0 Å². The zero-order chi connectivity index (χ0) is 17.5. The second-order valence-electron chi connectivity index (χ2n) is 5.27. The first-order valence-corrected chi connectivity index (χ1v) is 7.20. The Morgan fingerprint density at radius 3 is 2.70 bits per heavy atom. The average Bonchev–Trinajstić information content (AvgIpc) is 2.44. The third-order valence-electron chi connectivity index (χ3n) is 2.95. The van der Waals surface area contributed by atoms with Gasteiger partial charge in [0.25, 0.3) is 0 Å². The lowest BCUT2D eigenvalue weighted by molar-refractivity contribution is -0.153. The number of alkyl halides is 3. The van der Waals surface area contributed by atoms with Crippen molar-refractivity contribution in [1.82, 2.24) is 5.32 Å². The van der Waals surface area contributed by atoms with Crippen molar-refractivity contribution in [3.8, 4) is 5.75 Å². The topological polar surface area (TPSA) is 70.6 Å². The van der Waals surface area contributed by atoms with Crippen LogP contribution in [0.1, 0.15) is 25.3 Å². The fourth-order valence-corrected chi connectivity index (χ4v) is 1.86. The number of nitrogens with one attached hydrogen (secondary N) is 2. The van der Waals surface area contributed by atoms with E-state index in [0.29, 0.717) is 18.4 Å². The molecule has 0 heterocycles. The van der Waals surface area contributed by atoms with Gasteiger partial charge in [-0.3, -0.25) is 0 Å². The summed E-state index contributed by atoms with van der Waals surface area (Å²) in [6.45, 7) is 2.08. The largest absolute Gasteiger partial charge is 0.482 e. The summed E-state index contributed by atoms with van der Waals surface area (Å²) >= 11 is 0. The van der Waals surface area contributed by atoms with E-state index in [1.54, 1.807) is 19.9 Å². The van der Waals surface area contributed by atoms with Crippen LogP contribution in [-0.2, 0) is 0 Å². The highest BCUT2D eigenvalue weighted by molar-refractivity contribution is 5.91. The summed E-state index contributed by atoms with van der Waals surface area (Å²) in [6.07, 6.45) is -3.32. The number of hydrogen-bond donors (Lipinski definition) is 3. The molecule has 2 amide bonds. The zero-order valence-corrected chi connectivity index (χ0v) is 13.0. The predicted octanol–water partition coefficient (Wildman–Crippen LogP) is 3.22. The van der Waals surface area contributed by atoms with Crippen molar-refractivity contribution in [2.45, 2.75) is 38.9 Å². The summed E-state index contributed by atoms with van der Waals surface area (Å²) < 4.78 is 41.6. The minimum Gasteiger partial charge on any atom is -0.482 e. The summed E-state index contributed by atoms with van der Waals surface area (Å²) in [6, 6.07) is 3.85. The van der Waals surface area contributed by atoms with Crippen molar-refractivity contribution in [2.75, 3.05) is 18.5 Å². The van der Waals surface area contributed by atoms with Crippen LogP contribution in [0.2, 0.25) is 0 Å². The molecule has 1 aromatic rings. The number of aliphatic hydroxyl groups is 1. The van der Waals surface area contributed by atoms with E-state index in [1.807, 2.05) is 0 Å². The number of urea groups is 1. The molecule has 8 heteroatoms. The molecule has 0 saturated heterocycles. The number of benzene rings is 1. The Labute approximate surface area is 132 Å². The molecule has 5 nitrogen and oxygen atoms in total. The van der Waals surface area contributed by atoms with Crippen molar-refractivity contribution < 1.29 is 27.8 Å². The summed E-state index contributed by atoms with van der Waals surface area (Å²) in [5.41, 5.74) is 0.871. The molecule has 3 N–H and O–H groups in total. The second-order valence-corrected chi connectivity index (χ2v) is 5.27. The van der Waals surface area contributed by atoms with Gasteiger partial charge in [0.15, 0.2) is 6.61 Å². The monoisotopic (exact) mass is 334 g/mol. The molecule has 0 bridgehead atoms. The zero-order valence-electron chi connectivity index (χ0n) is 13.0. The molecule has 0 aliphatic rings. The molecule has 1 atom stereocenters. The van der Waals surface area contributed by atoms with Crippen LogP contribution < -0.4 is 15.4 Å². The lowest BCUT2D eigenvalue weighted by atomic mass is 10.2. The number of anilines is 1. The Balaban J connectivity index is 2.69. The highest BCUT2D eigenvalue weighted by Gasteiger charge is 2.29. The number of aliphatic hydroxyl groups excluding tert-OH is 1. The molecule has 0 aliphatic carbocycles. The smallest absolute Gasteiger partial charge is 0.422 e. The van der Waals surface area contributed by atoms with Crippen LogP contribution in [0.4, 0.5) is 23.7 Å². The Bertz CT molecular complexity index is 521. The molecule has 0 spiro atoms. The maximum atomic E-state index is 12.3. The third kappa shape index (κ3) is 7.73. The quantitative estimate of drug-likeness (QED) is 0.717. The molecule has 0 aliphatic heterocycles. The highest BCUT2D eigenvalue weighted by Crippen LogP contribution is 2.27. The molecule has 1 aromatic carbocycles. The van der Waals surface area contributed by atoms with E-state index in [-0.39, 0.29) is 24.1 Å². The van der Waals surface area contributed by atoms with Crippen molar-refractivity contribution >= 4 is 11.7 Å². The van der Waals surface area contributed by atoms with Crippen molar-refractivity contribution in [2.24, 2.45) is 0 Å². The van der Waals surface area contributed by atoms with Crippen LogP contribution in [0, 0.1) is 6.92 Å². The summed E-state index contributed by atoms with van der Waals surface area (Å²) in [4.78, 5) is 11.9. The number of halogens is 3. The van der Waals surface area contributed by atoms with Gasteiger partial charge in [0.05, 0.1) is 5.69 Å². The van der Waals surface area contributed by atoms with Crippen LogP contribution >= 0.6 is 0 Å². The van der Waals surface area contributed by atoms with E-state index < -0.39 is 18.8 Å². The van der Waals surface area contributed by atoms with Gasteiger partial charge in [0.1, 0.15) is 5.75 Å². The first-order chi connectivity index (χ1) is 10.7. The van der Waals surface area contributed by atoms with Crippen LogP contribution in [-0.4, -0.2) is 36.6 Å². The van der Waals surface area contributed by atoms with Crippen molar-refractivity contribution in [3.05, 3.63) is 23.8 Å². The van der Waals surface area contributed by atoms with E-state index in [4.69, 9.17) is 9.84 Å². The molecule has 23 heavy (non-hydrogen) atoms. The normalized spacial score (nSPS) is 12.6. The number of carbonyl (C=O) groups excluding carboxylic acids is 1. The van der Waals surface area contributed by atoms with Gasteiger partial charge in [-0.1, -0.05) is 6.07 Å². The van der Waals surface area contributed by atoms with Crippen LogP contribution in [0.5, 0.6) is 5.75 Å². The Hall–Kier alpha value is -1.96. The first kappa shape index (κ1) is 19.1. The number of carbonyl (C=O) groups is 1. The molecule has 0 fully saturated rings. The highest BCUT2D eigenvalue weighted by atomic mass is 19.4. The number of ether oxygens (including phenoxy) is 1. The van der Waals surface area contributed by atoms with E-state index in [1.165, 1.54) is 12.1 Å². The van der Waals surface area contributed by atoms with Gasteiger partial charge in [0.2, 0.25) is 0 Å². The minimum atomic E-state index is -4.46. The van der Waals surface area contributed by atoms with Gasteiger partial charge >= 0.3 is 12.2 Å². The van der Waals surface area contributed by atoms with Gasteiger partial charge in [-0.25, -0.2) is 4.79 Å². The van der Waals surface area contributed by atoms with Crippen LogP contribution in [0.15, 0.2) is 18.2 Å². The molecule has 1 unspecified atom stereocenters. The van der Waals surface area contributed by atoms with Gasteiger partial charge < -0.3 is 20.5 Å². The second kappa shape index (κ2) is 8.61. The average molecular weight is 334 g/mol. The van der Waals surface area contributed by atoms with Crippen LogP contribution in [0.3, 0.4) is 0 Å². The first-order valence-electron chi connectivity index (χ1n) is 7.20. The SMILES string of the molecule is Cc1ccc(NC(=O)NC(C)CCCO)c(OCC(F)(F)F)c1. The van der Waals surface area contributed by atoms with Gasteiger partial charge in [-0.2, -0.15) is 13.2 Å². The number of aryl methyl sites for hydroxylation is 1. The number of rotatable bonds is 7. The Kier molecular flexibility index (Phi) is 7.15. The van der Waals surface area contributed by atoms with Gasteiger partial charge in [-0.05, 0) is 44.4 Å². The van der Waals surface area contributed by atoms with Crippen molar-refractivity contribution in [1.29, 1.82) is 0 Å². The maximum Gasteiger partial charge on any atom is 0.422 e. The lowest BCUT2D eigenvalue weighted by Crippen LogP contribution is -2.36. The molecule has 1 rings (SSSR count). The number of amides is 2. The molecule has 130 valence electrons. The van der Waals surface area contributed by atoms with Gasteiger partial charge in [-0.15, -0.1) is 0 Å². The predicted molar refractivity (Wildman–Crippen MR) is 80.7 cm³/mol. The van der Waals surface area contributed by atoms with E-state index in [9.17, 15) is 18.0 Å². The summed E-state index contributed by atoms with van der Waals surface area (Å²) in [5.74, 6) is -0.0412. The number of hydrogen-bond acceptors (Lipinski definition) is 3. The van der Waals surface area contributed by atoms with Crippen molar-refractivity contribution in [3.63, 3.8) is 0 Å². The molecule has 0 aromatic heterocycles.